The van der Waals surface area contributed by atoms with Gasteiger partial charge in [0.1, 0.15) is 19.3 Å². The summed E-state index contributed by atoms with van der Waals surface area (Å²) >= 11 is 0. The van der Waals surface area contributed by atoms with E-state index in [1.165, 1.54) is 77.0 Å². The van der Waals surface area contributed by atoms with Crippen LogP contribution in [0.2, 0.25) is 0 Å². The monoisotopic (exact) mass is 697 g/mol. The summed E-state index contributed by atoms with van der Waals surface area (Å²) in [5.41, 5.74) is 0. The van der Waals surface area contributed by atoms with Gasteiger partial charge >= 0.3 is 11.9 Å². The second-order valence-electron chi connectivity index (χ2n) is 14.7. The van der Waals surface area contributed by atoms with Crippen LogP contribution in [0.3, 0.4) is 0 Å². The molecule has 288 valence electrons. The molecule has 1 rings (SSSR count). The molecule has 0 amide bonds. The number of aliphatic hydroxyl groups is 4. The molecule has 0 saturated heterocycles. The summed E-state index contributed by atoms with van der Waals surface area (Å²) < 4.78 is 10.3. The lowest BCUT2D eigenvalue weighted by Gasteiger charge is -2.21. The van der Waals surface area contributed by atoms with E-state index < -0.39 is 24.4 Å². The summed E-state index contributed by atoms with van der Waals surface area (Å²) in [6, 6.07) is 0. The van der Waals surface area contributed by atoms with Crippen molar-refractivity contribution in [3.8, 4) is 0 Å². The summed E-state index contributed by atoms with van der Waals surface area (Å²) in [4.78, 5) is 24.1. The Morgan fingerprint density at radius 1 is 0.612 bits per heavy atom. The molecule has 0 bridgehead atoms. The van der Waals surface area contributed by atoms with Gasteiger partial charge in [-0.05, 0) is 31.6 Å². The van der Waals surface area contributed by atoms with Crippen LogP contribution < -0.4 is 0 Å². The van der Waals surface area contributed by atoms with Gasteiger partial charge in [-0.3, -0.25) is 9.59 Å². The Bertz CT molecular complexity index is 817. The van der Waals surface area contributed by atoms with Gasteiger partial charge < -0.3 is 29.9 Å². The third-order valence-corrected chi connectivity index (χ3v) is 10.1. The van der Waals surface area contributed by atoms with Crippen LogP contribution in [0.15, 0.2) is 12.2 Å². The number of carbonyl (C=O) groups excluding carboxylic acids is 2. The van der Waals surface area contributed by atoms with Crippen LogP contribution in [0.5, 0.6) is 0 Å². The molecule has 49 heavy (non-hydrogen) atoms. The van der Waals surface area contributed by atoms with Crippen molar-refractivity contribution in [2.75, 3.05) is 13.2 Å². The largest absolute Gasteiger partial charge is 0.463 e. The molecule has 0 aromatic heterocycles. The summed E-state index contributed by atoms with van der Waals surface area (Å²) in [5, 5.41) is 41.2. The standard InChI is InChI=1S/C41H76O8/c1-3-5-7-8-9-10-11-12-13-14-15-16-17-18-23-27-40(46)48-32-35(43)33-49-41(47)28-24-20-19-22-26-36-37(39(45)31-38(36)44)30-29-34(42)25-21-6-4-2/h29-30,34-39,42-45H,3-28,31-33H2,1-2H3/b30-29+/t34-,35-,36+,37+,38-,39+/m0/s1. The fourth-order valence-electron chi connectivity index (χ4n) is 6.95. The average Bonchev–Trinajstić information content (AvgIpc) is 3.35. The van der Waals surface area contributed by atoms with E-state index in [4.69, 9.17) is 9.47 Å². The van der Waals surface area contributed by atoms with Crippen LogP contribution in [0.25, 0.3) is 0 Å². The first-order valence-electron chi connectivity index (χ1n) is 20.5. The third-order valence-electron chi connectivity index (χ3n) is 10.1. The molecule has 0 aromatic carbocycles. The van der Waals surface area contributed by atoms with E-state index in [-0.39, 0.29) is 43.4 Å². The highest BCUT2D eigenvalue weighted by Crippen LogP contribution is 2.37. The summed E-state index contributed by atoms with van der Waals surface area (Å²) in [6.07, 6.45) is 29.1. The van der Waals surface area contributed by atoms with E-state index in [9.17, 15) is 30.0 Å². The molecule has 4 N–H and O–H groups in total. The minimum absolute atomic E-state index is 0.0290. The number of hydrogen-bond acceptors (Lipinski definition) is 8. The van der Waals surface area contributed by atoms with Crippen molar-refractivity contribution in [1.82, 2.24) is 0 Å². The van der Waals surface area contributed by atoms with E-state index in [0.717, 1.165) is 70.6 Å². The van der Waals surface area contributed by atoms with Gasteiger partial charge in [-0.1, -0.05) is 154 Å². The molecule has 0 radical (unpaired) electrons. The number of hydrogen-bond donors (Lipinski definition) is 4. The van der Waals surface area contributed by atoms with Crippen molar-refractivity contribution >= 4 is 11.9 Å². The highest BCUT2D eigenvalue weighted by atomic mass is 16.6. The van der Waals surface area contributed by atoms with Gasteiger partial charge in [0.05, 0.1) is 18.3 Å². The van der Waals surface area contributed by atoms with Gasteiger partial charge in [0.25, 0.3) is 0 Å². The average molecular weight is 697 g/mol. The molecular weight excluding hydrogens is 620 g/mol. The normalized spacial score (nSPS) is 20.5. The number of carbonyl (C=O) groups is 2. The lowest BCUT2D eigenvalue weighted by Crippen LogP contribution is -2.25. The molecule has 8 heteroatoms. The summed E-state index contributed by atoms with van der Waals surface area (Å²) in [5.74, 6) is -0.869. The van der Waals surface area contributed by atoms with Crippen molar-refractivity contribution < 1.29 is 39.5 Å². The molecule has 8 nitrogen and oxygen atoms in total. The predicted molar refractivity (Wildman–Crippen MR) is 198 cm³/mol. The van der Waals surface area contributed by atoms with Gasteiger partial charge in [-0.25, -0.2) is 0 Å². The second kappa shape index (κ2) is 31.3. The van der Waals surface area contributed by atoms with Crippen molar-refractivity contribution in [2.45, 2.75) is 212 Å². The zero-order chi connectivity index (χ0) is 36.0. The highest BCUT2D eigenvalue weighted by molar-refractivity contribution is 5.69. The minimum atomic E-state index is -1.03. The maximum atomic E-state index is 12.1. The van der Waals surface area contributed by atoms with E-state index in [1.54, 1.807) is 6.08 Å². The quantitative estimate of drug-likeness (QED) is 0.0304. The molecule has 1 aliphatic rings. The third kappa shape index (κ3) is 25.2. The second-order valence-corrected chi connectivity index (χ2v) is 14.7. The molecule has 6 atom stereocenters. The van der Waals surface area contributed by atoms with E-state index in [0.29, 0.717) is 19.3 Å². The molecule has 0 aliphatic heterocycles. The van der Waals surface area contributed by atoms with Crippen LogP contribution in [0, 0.1) is 11.8 Å². The van der Waals surface area contributed by atoms with Crippen molar-refractivity contribution in [3.63, 3.8) is 0 Å². The molecule has 1 saturated carbocycles. The minimum Gasteiger partial charge on any atom is -0.463 e. The van der Waals surface area contributed by atoms with Gasteiger partial charge in [-0.15, -0.1) is 0 Å². The van der Waals surface area contributed by atoms with Gasteiger partial charge in [-0.2, -0.15) is 0 Å². The Morgan fingerprint density at radius 3 is 1.53 bits per heavy atom. The predicted octanol–water partition coefficient (Wildman–Crippen LogP) is 8.89. The Hall–Kier alpha value is -1.48. The SMILES string of the molecule is CCCCCCCCCCCCCCCCCC(=O)OC[C@H](O)COC(=O)CCCCCC[C@@H]1[C@@H](/C=C/[C@@H](O)CCCCC)[C@H](O)C[C@@H]1O. The number of esters is 2. The topological polar surface area (TPSA) is 134 Å². The first-order valence-corrected chi connectivity index (χ1v) is 20.5. The Labute approximate surface area is 299 Å². The summed E-state index contributed by atoms with van der Waals surface area (Å²) in [7, 11) is 0. The lowest BCUT2D eigenvalue weighted by atomic mass is 9.88. The Morgan fingerprint density at radius 2 is 1.04 bits per heavy atom. The van der Waals surface area contributed by atoms with E-state index >= 15 is 0 Å². The molecule has 1 fully saturated rings. The van der Waals surface area contributed by atoms with Crippen LogP contribution in [0.1, 0.15) is 187 Å². The molecule has 0 unspecified atom stereocenters. The van der Waals surface area contributed by atoms with Gasteiger partial charge in [0.2, 0.25) is 0 Å². The van der Waals surface area contributed by atoms with Crippen LogP contribution in [0.4, 0.5) is 0 Å². The maximum Gasteiger partial charge on any atom is 0.305 e. The Balaban J connectivity index is 1.99. The first kappa shape index (κ1) is 45.5. The van der Waals surface area contributed by atoms with Crippen molar-refractivity contribution in [3.05, 3.63) is 12.2 Å². The summed E-state index contributed by atoms with van der Waals surface area (Å²) in [6.45, 7) is 4.04. The van der Waals surface area contributed by atoms with Gasteiger partial charge in [0, 0.05) is 25.2 Å². The molecule has 0 aromatic rings. The smallest absolute Gasteiger partial charge is 0.305 e. The van der Waals surface area contributed by atoms with Gasteiger partial charge in [0.15, 0.2) is 0 Å². The van der Waals surface area contributed by atoms with E-state index in [2.05, 4.69) is 13.8 Å². The Kier molecular flexibility index (Phi) is 29.1. The molecule has 0 spiro atoms. The number of rotatable bonds is 33. The zero-order valence-electron chi connectivity index (χ0n) is 31.5. The molecule has 1 aliphatic carbocycles. The fraction of sp³-hybridized carbons (Fsp3) is 0.902. The number of aliphatic hydroxyl groups excluding tert-OH is 4. The zero-order valence-corrected chi connectivity index (χ0v) is 31.5. The van der Waals surface area contributed by atoms with E-state index in [1.807, 2.05) is 6.08 Å². The number of unbranched alkanes of at least 4 members (excludes halogenated alkanes) is 19. The van der Waals surface area contributed by atoms with Crippen LogP contribution in [-0.2, 0) is 19.1 Å². The fourth-order valence-corrected chi connectivity index (χ4v) is 6.95. The molecular formula is C41H76O8. The van der Waals surface area contributed by atoms with Crippen molar-refractivity contribution in [2.24, 2.45) is 11.8 Å². The van der Waals surface area contributed by atoms with Crippen molar-refractivity contribution in [1.29, 1.82) is 0 Å². The highest BCUT2D eigenvalue weighted by Gasteiger charge is 2.39. The molecule has 0 heterocycles. The van der Waals surface area contributed by atoms with Crippen LogP contribution >= 0.6 is 0 Å². The number of ether oxygens (including phenoxy) is 2. The lowest BCUT2D eigenvalue weighted by molar-refractivity contribution is -0.152. The van der Waals surface area contributed by atoms with Crippen LogP contribution in [-0.4, -0.2) is 70.0 Å². The maximum absolute atomic E-state index is 12.1. The first-order chi connectivity index (χ1) is 23.8.